The summed E-state index contributed by atoms with van der Waals surface area (Å²) in [6.07, 6.45) is 5.16. The van der Waals surface area contributed by atoms with E-state index in [0.717, 1.165) is 6.54 Å². The van der Waals surface area contributed by atoms with E-state index in [1.165, 1.54) is 36.8 Å². The molecule has 1 heteroatoms. The highest BCUT2D eigenvalue weighted by Gasteiger charge is 1.93. The Bertz CT molecular complexity index is 238. The van der Waals surface area contributed by atoms with Crippen LogP contribution in [0.4, 0.5) is 0 Å². The summed E-state index contributed by atoms with van der Waals surface area (Å²) in [5, 5.41) is 3.17. The molecule has 0 aromatic heterocycles. The third kappa shape index (κ3) is 4.43. The molecular weight excluding hydrogens is 170 g/mol. The number of aryl methyl sites for hydroxylation is 2. The van der Waals surface area contributed by atoms with Crippen molar-refractivity contribution >= 4 is 0 Å². The lowest BCUT2D eigenvalue weighted by molar-refractivity contribution is 0.642. The van der Waals surface area contributed by atoms with Gasteiger partial charge in [0, 0.05) is 0 Å². The molecule has 78 valence electrons. The minimum absolute atomic E-state index is 1.15. The molecule has 14 heavy (non-hydrogen) atoms. The average Bonchev–Trinajstić information content (AvgIpc) is 2.21. The molecule has 1 N–H and O–H groups in total. The molecule has 0 saturated heterocycles. The summed E-state index contributed by atoms with van der Waals surface area (Å²) in [5.74, 6) is 0. The maximum atomic E-state index is 3.17. The second kappa shape index (κ2) is 6.61. The molecule has 0 heterocycles. The maximum Gasteiger partial charge on any atom is -0.00519 e. The summed E-state index contributed by atoms with van der Waals surface area (Å²) < 4.78 is 0. The number of benzene rings is 1. The van der Waals surface area contributed by atoms with Gasteiger partial charge < -0.3 is 5.32 Å². The Morgan fingerprint density at radius 3 is 2.36 bits per heavy atom. The SMILES string of the molecule is CNCCCCCc1ccc(C)cc1. The van der Waals surface area contributed by atoms with Gasteiger partial charge in [0.05, 0.1) is 0 Å². The second-order valence-electron chi connectivity index (χ2n) is 3.90. The van der Waals surface area contributed by atoms with E-state index < -0.39 is 0 Å². The molecule has 0 aliphatic heterocycles. The minimum atomic E-state index is 1.15. The molecule has 0 amide bonds. The van der Waals surface area contributed by atoms with Gasteiger partial charge in [-0.1, -0.05) is 36.2 Å². The lowest BCUT2D eigenvalue weighted by Crippen LogP contribution is -2.07. The molecule has 0 aliphatic carbocycles. The van der Waals surface area contributed by atoms with E-state index in [1.807, 2.05) is 7.05 Å². The van der Waals surface area contributed by atoms with Crippen LogP contribution in [-0.2, 0) is 6.42 Å². The lowest BCUT2D eigenvalue weighted by atomic mass is 10.1. The van der Waals surface area contributed by atoms with E-state index in [4.69, 9.17) is 0 Å². The Balaban J connectivity index is 2.15. The van der Waals surface area contributed by atoms with Crippen LogP contribution in [0.15, 0.2) is 24.3 Å². The van der Waals surface area contributed by atoms with Crippen molar-refractivity contribution in [1.82, 2.24) is 5.32 Å². The molecule has 0 fully saturated rings. The van der Waals surface area contributed by atoms with Crippen molar-refractivity contribution in [3.8, 4) is 0 Å². The van der Waals surface area contributed by atoms with Crippen LogP contribution >= 0.6 is 0 Å². The zero-order valence-electron chi connectivity index (χ0n) is 9.34. The predicted octanol–water partition coefficient (Wildman–Crippen LogP) is 2.93. The number of hydrogen-bond acceptors (Lipinski definition) is 1. The largest absolute Gasteiger partial charge is 0.320 e. The van der Waals surface area contributed by atoms with Gasteiger partial charge in [-0.25, -0.2) is 0 Å². The molecular formula is C13H21N. The Labute approximate surface area is 87.5 Å². The number of unbranched alkanes of at least 4 members (excludes halogenated alkanes) is 2. The van der Waals surface area contributed by atoms with E-state index in [2.05, 4.69) is 36.5 Å². The summed E-state index contributed by atoms with van der Waals surface area (Å²) in [4.78, 5) is 0. The van der Waals surface area contributed by atoms with Crippen molar-refractivity contribution in [3.63, 3.8) is 0 Å². The number of hydrogen-bond donors (Lipinski definition) is 1. The topological polar surface area (TPSA) is 12.0 Å². The van der Waals surface area contributed by atoms with Gasteiger partial charge in [-0.2, -0.15) is 0 Å². The zero-order valence-corrected chi connectivity index (χ0v) is 9.34. The predicted molar refractivity (Wildman–Crippen MR) is 62.7 cm³/mol. The standard InChI is InChI=1S/C13H21N/c1-12-7-9-13(10-8-12)6-4-3-5-11-14-2/h7-10,14H,3-6,11H2,1-2H3. The van der Waals surface area contributed by atoms with E-state index in [1.54, 1.807) is 0 Å². The van der Waals surface area contributed by atoms with Crippen LogP contribution in [0.1, 0.15) is 30.4 Å². The fraction of sp³-hybridized carbons (Fsp3) is 0.538. The quantitative estimate of drug-likeness (QED) is 0.682. The van der Waals surface area contributed by atoms with Crippen LogP contribution in [0.3, 0.4) is 0 Å². The lowest BCUT2D eigenvalue weighted by Gasteiger charge is -2.02. The summed E-state index contributed by atoms with van der Waals surface area (Å²) in [6, 6.07) is 8.88. The monoisotopic (exact) mass is 191 g/mol. The molecule has 0 spiro atoms. The van der Waals surface area contributed by atoms with Crippen molar-refractivity contribution in [3.05, 3.63) is 35.4 Å². The third-order valence-corrected chi connectivity index (χ3v) is 2.51. The Morgan fingerprint density at radius 2 is 1.71 bits per heavy atom. The van der Waals surface area contributed by atoms with Crippen molar-refractivity contribution in [1.29, 1.82) is 0 Å². The van der Waals surface area contributed by atoms with Gasteiger partial charge in [0.15, 0.2) is 0 Å². The molecule has 0 atom stereocenters. The Kier molecular flexibility index (Phi) is 5.31. The van der Waals surface area contributed by atoms with Crippen LogP contribution < -0.4 is 5.32 Å². The highest BCUT2D eigenvalue weighted by molar-refractivity contribution is 5.21. The van der Waals surface area contributed by atoms with Gasteiger partial charge >= 0.3 is 0 Å². The molecule has 0 saturated carbocycles. The summed E-state index contributed by atoms with van der Waals surface area (Å²) >= 11 is 0. The van der Waals surface area contributed by atoms with Crippen molar-refractivity contribution in [2.75, 3.05) is 13.6 Å². The molecule has 0 radical (unpaired) electrons. The van der Waals surface area contributed by atoms with Gasteiger partial charge in [0.1, 0.15) is 0 Å². The van der Waals surface area contributed by atoms with Crippen molar-refractivity contribution in [2.45, 2.75) is 32.6 Å². The van der Waals surface area contributed by atoms with Crippen LogP contribution in [0.5, 0.6) is 0 Å². The van der Waals surface area contributed by atoms with Crippen LogP contribution in [0.2, 0.25) is 0 Å². The number of nitrogens with one attached hydrogen (secondary N) is 1. The summed E-state index contributed by atoms with van der Waals surface area (Å²) in [5.41, 5.74) is 2.82. The normalized spacial score (nSPS) is 10.4. The molecule has 1 rings (SSSR count). The van der Waals surface area contributed by atoms with Gasteiger partial charge in [-0.3, -0.25) is 0 Å². The molecule has 0 unspecified atom stereocenters. The fourth-order valence-electron chi connectivity index (χ4n) is 1.56. The fourth-order valence-corrected chi connectivity index (χ4v) is 1.56. The van der Waals surface area contributed by atoms with E-state index in [9.17, 15) is 0 Å². The van der Waals surface area contributed by atoms with Crippen LogP contribution in [0.25, 0.3) is 0 Å². The summed E-state index contributed by atoms with van der Waals surface area (Å²) in [6.45, 7) is 3.28. The maximum absolute atomic E-state index is 3.17. The minimum Gasteiger partial charge on any atom is -0.320 e. The molecule has 1 aromatic rings. The van der Waals surface area contributed by atoms with Gasteiger partial charge in [-0.05, 0) is 45.3 Å². The third-order valence-electron chi connectivity index (χ3n) is 2.51. The molecule has 1 nitrogen and oxygen atoms in total. The highest BCUT2D eigenvalue weighted by Crippen LogP contribution is 2.07. The van der Waals surface area contributed by atoms with E-state index in [-0.39, 0.29) is 0 Å². The highest BCUT2D eigenvalue weighted by atomic mass is 14.8. The summed E-state index contributed by atoms with van der Waals surface area (Å²) in [7, 11) is 2.01. The van der Waals surface area contributed by atoms with Crippen LogP contribution in [-0.4, -0.2) is 13.6 Å². The Morgan fingerprint density at radius 1 is 1.00 bits per heavy atom. The van der Waals surface area contributed by atoms with Gasteiger partial charge in [-0.15, -0.1) is 0 Å². The average molecular weight is 191 g/mol. The molecule has 0 aliphatic rings. The van der Waals surface area contributed by atoms with E-state index in [0.29, 0.717) is 0 Å². The first-order chi connectivity index (χ1) is 6.83. The number of rotatable bonds is 6. The molecule has 0 bridgehead atoms. The van der Waals surface area contributed by atoms with Crippen LogP contribution in [0, 0.1) is 6.92 Å². The second-order valence-corrected chi connectivity index (χ2v) is 3.90. The first-order valence-electron chi connectivity index (χ1n) is 5.53. The zero-order chi connectivity index (χ0) is 10.2. The van der Waals surface area contributed by atoms with Gasteiger partial charge in [0.25, 0.3) is 0 Å². The van der Waals surface area contributed by atoms with E-state index >= 15 is 0 Å². The van der Waals surface area contributed by atoms with Crippen molar-refractivity contribution < 1.29 is 0 Å². The van der Waals surface area contributed by atoms with Gasteiger partial charge in [0.2, 0.25) is 0 Å². The molecule has 1 aromatic carbocycles. The first-order valence-corrected chi connectivity index (χ1v) is 5.53. The Hall–Kier alpha value is -0.820. The van der Waals surface area contributed by atoms with Crippen molar-refractivity contribution in [2.24, 2.45) is 0 Å². The smallest absolute Gasteiger partial charge is 0.00519 e. The first kappa shape index (κ1) is 11.3.